The number of benzene rings is 1. The van der Waals surface area contributed by atoms with E-state index < -0.39 is 10.0 Å². The molecule has 0 radical (unpaired) electrons. The molecule has 1 N–H and O–H groups in total. The van der Waals surface area contributed by atoms with Crippen LogP contribution >= 0.6 is 11.3 Å². The Bertz CT molecular complexity index is 980. The number of rotatable bonds is 6. The monoisotopic (exact) mass is 369 g/mol. The van der Waals surface area contributed by atoms with Crippen molar-refractivity contribution in [3.05, 3.63) is 29.0 Å². The van der Waals surface area contributed by atoms with Crippen LogP contribution in [0.3, 0.4) is 0 Å². The molecule has 0 amide bonds. The van der Waals surface area contributed by atoms with Gasteiger partial charge in [0.25, 0.3) is 0 Å². The molecule has 9 nitrogen and oxygen atoms in total. The van der Waals surface area contributed by atoms with E-state index in [1.807, 2.05) is 0 Å². The van der Waals surface area contributed by atoms with Crippen molar-refractivity contribution in [2.45, 2.75) is 18.4 Å². The number of nitrogens with zero attached hydrogens (tertiary/aromatic N) is 4. The van der Waals surface area contributed by atoms with Crippen molar-refractivity contribution in [2.75, 3.05) is 14.2 Å². The van der Waals surface area contributed by atoms with E-state index in [9.17, 15) is 8.42 Å². The summed E-state index contributed by atoms with van der Waals surface area (Å²) in [5.41, 5.74) is 0. The highest BCUT2D eigenvalue weighted by Crippen LogP contribution is 2.29. The number of methoxy groups -OCH3 is 2. The molecular weight excluding hydrogens is 354 g/mol. The maximum Gasteiger partial charge on any atom is 0.241 e. The standard InChI is InChI=1S/C13H15N5O4S2/c1-8-15-16-13-18(8)17-12(23-13)7-14-24(19,20)9-4-5-10(21-2)11(6-9)22-3/h4-6,14H,7H2,1-3H3. The Morgan fingerprint density at radius 1 is 1.21 bits per heavy atom. The molecule has 0 spiro atoms. The second-order valence-corrected chi connectivity index (χ2v) is 7.59. The SMILES string of the molecule is COc1ccc(S(=O)(=O)NCc2nn3c(C)nnc3s2)cc1OC. The quantitative estimate of drug-likeness (QED) is 0.690. The number of hydrogen-bond acceptors (Lipinski definition) is 8. The number of aromatic nitrogens is 4. The predicted molar refractivity (Wildman–Crippen MR) is 87.0 cm³/mol. The lowest BCUT2D eigenvalue weighted by Gasteiger charge is -2.10. The fraction of sp³-hybridized carbons (Fsp3) is 0.308. The van der Waals surface area contributed by atoms with Crippen LogP contribution in [0.15, 0.2) is 23.1 Å². The van der Waals surface area contributed by atoms with E-state index in [0.717, 1.165) is 0 Å². The van der Waals surface area contributed by atoms with Crippen molar-refractivity contribution in [1.29, 1.82) is 0 Å². The van der Waals surface area contributed by atoms with Gasteiger partial charge >= 0.3 is 0 Å². The summed E-state index contributed by atoms with van der Waals surface area (Å²) in [5.74, 6) is 1.45. The summed E-state index contributed by atoms with van der Waals surface area (Å²) in [7, 11) is -0.777. The van der Waals surface area contributed by atoms with Gasteiger partial charge in [-0.05, 0) is 19.1 Å². The fourth-order valence-electron chi connectivity index (χ4n) is 2.05. The molecule has 0 aliphatic rings. The molecule has 2 heterocycles. The second-order valence-electron chi connectivity index (χ2n) is 4.78. The molecule has 0 atom stereocenters. The van der Waals surface area contributed by atoms with Crippen LogP contribution in [0.1, 0.15) is 10.8 Å². The number of aryl methyl sites for hydroxylation is 1. The van der Waals surface area contributed by atoms with Gasteiger partial charge in [0.05, 0.1) is 25.7 Å². The van der Waals surface area contributed by atoms with Gasteiger partial charge in [-0.25, -0.2) is 13.1 Å². The third-order valence-corrected chi connectivity index (χ3v) is 5.57. The lowest BCUT2D eigenvalue weighted by molar-refractivity contribution is 0.354. The summed E-state index contributed by atoms with van der Waals surface area (Å²) in [5, 5.41) is 12.7. The van der Waals surface area contributed by atoms with Crippen molar-refractivity contribution >= 4 is 26.3 Å². The normalized spacial score (nSPS) is 11.8. The Balaban J connectivity index is 1.80. The van der Waals surface area contributed by atoms with Crippen LogP contribution in [0, 0.1) is 6.92 Å². The summed E-state index contributed by atoms with van der Waals surface area (Å²) >= 11 is 1.27. The van der Waals surface area contributed by atoms with Gasteiger partial charge < -0.3 is 9.47 Å². The second kappa shape index (κ2) is 6.34. The first kappa shape index (κ1) is 16.6. The predicted octanol–water partition coefficient (Wildman–Crippen LogP) is 0.990. The van der Waals surface area contributed by atoms with Gasteiger partial charge in [-0.3, -0.25) is 0 Å². The first-order valence-electron chi connectivity index (χ1n) is 6.84. The lowest BCUT2D eigenvalue weighted by Crippen LogP contribution is -2.23. The third kappa shape index (κ3) is 3.05. The van der Waals surface area contributed by atoms with Crippen molar-refractivity contribution < 1.29 is 17.9 Å². The number of nitrogens with one attached hydrogen (secondary N) is 1. The molecule has 0 saturated heterocycles. The van der Waals surface area contributed by atoms with Gasteiger partial charge in [-0.2, -0.15) is 9.61 Å². The molecule has 2 aromatic heterocycles. The van der Waals surface area contributed by atoms with Crippen LogP contribution in [-0.4, -0.2) is 42.4 Å². The molecule has 0 aliphatic heterocycles. The Labute approximate surface area is 142 Å². The molecule has 0 fully saturated rings. The van der Waals surface area contributed by atoms with Gasteiger partial charge in [-0.1, -0.05) is 11.3 Å². The number of fused-ring (bicyclic) bond motifs is 1. The first-order chi connectivity index (χ1) is 11.4. The highest BCUT2D eigenvalue weighted by atomic mass is 32.2. The zero-order chi connectivity index (χ0) is 17.3. The fourth-order valence-corrected chi connectivity index (χ4v) is 3.96. The van der Waals surface area contributed by atoms with Gasteiger partial charge in [0.15, 0.2) is 17.3 Å². The van der Waals surface area contributed by atoms with Crippen molar-refractivity contribution in [3.63, 3.8) is 0 Å². The third-order valence-electron chi connectivity index (χ3n) is 3.27. The highest BCUT2D eigenvalue weighted by molar-refractivity contribution is 7.89. The highest BCUT2D eigenvalue weighted by Gasteiger charge is 2.18. The van der Waals surface area contributed by atoms with Crippen molar-refractivity contribution in [3.8, 4) is 11.5 Å². The van der Waals surface area contributed by atoms with E-state index in [1.165, 1.54) is 37.7 Å². The number of hydrogen-bond donors (Lipinski definition) is 1. The maximum atomic E-state index is 12.4. The van der Waals surface area contributed by atoms with E-state index in [-0.39, 0.29) is 11.4 Å². The van der Waals surface area contributed by atoms with Crippen LogP contribution in [0.4, 0.5) is 0 Å². The summed E-state index contributed by atoms with van der Waals surface area (Å²) in [6.45, 7) is 1.83. The van der Waals surface area contributed by atoms with E-state index in [4.69, 9.17) is 9.47 Å². The van der Waals surface area contributed by atoms with Gasteiger partial charge in [0.1, 0.15) is 5.01 Å². The molecule has 0 bridgehead atoms. The summed E-state index contributed by atoms with van der Waals surface area (Å²) in [4.78, 5) is 0.701. The van der Waals surface area contributed by atoms with Crippen LogP contribution in [-0.2, 0) is 16.6 Å². The molecule has 11 heteroatoms. The van der Waals surface area contributed by atoms with Gasteiger partial charge in [0, 0.05) is 6.07 Å². The van der Waals surface area contributed by atoms with E-state index in [2.05, 4.69) is 20.0 Å². The average Bonchev–Trinajstić information content (AvgIpc) is 3.14. The summed E-state index contributed by atoms with van der Waals surface area (Å²) in [6.07, 6.45) is 0. The van der Waals surface area contributed by atoms with E-state index >= 15 is 0 Å². The van der Waals surface area contributed by atoms with Crippen LogP contribution < -0.4 is 14.2 Å². The van der Waals surface area contributed by atoms with Crippen molar-refractivity contribution in [2.24, 2.45) is 0 Å². The Morgan fingerprint density at radius 3 is 2.62 bits per heavy atom. The summed E-state index contributed by atoms with van der Waals surface area (Å²) in [6, 6.07) is 4.40. The molecule has 0 saturated carbocycles. The van der Waals surface area contributed by atoms with Crippen LogP contribution in [0.5, 0.6) is 11.5 Å². The molecule has 24 heavy (non-hydrogen) atoms. The summed E-state index contributed by atoms with van der Waals surface area (Å²) < 4.78 is 39.2. The minimum absolute atomic E-state index is 0.0597. The Hall–Kier alpha value is -2.24. The zero-order valence-corrected chi connectivity index (χ0v) is 14.8. The zero-order valence-electron chi connectivity index (χ0n) is 13.2. The first-order valence-corrected chi connectivity index (χ1v) is 9.14. The number of ether oxygens (including phenoxy) is 2. The van der Waals surface area contributed by atoms with E-state index in [0.29, 0.717) is 27.3 Å². The lowest BCUT2D eigenvalue weighted by atomic mass is 10.3. The number of sulfonamides is 1. The molecule has 128 valence electrons. The minimum Gasteiger partial charge on any atom is -0.493 e. The topological polar surface area (TPSA) is 108 Å². The van der Waals surface area contributed by atoms with Gasteiger partial charge in [0.2, 0.25) is 15.0 Å². The molecule has 0 unspecified atom stereocenters. The molecule has 3 rings (SSSR count). The molecule has 3 aromatic rings. The Morgan fingerprint density at radius 2 is 1.96 bits per heavy atom. The molecular formula is C13H15N5O4S2. The molecule has 1 aromatic carbocycles. The average molecular weight is 369 g/mol. The Kier molecular flexibility index (Phi) is 4.39. The van der Waals surface area contributed by atoms with Crippen LogP contribution in [0.2, 0.25) is 0 Å². The largest absolute Gasteiger partial charge is 0.493 e. The van der Waals surface area contributed by atoms with Crippen molar-refractivity contribution in [1.82, 2.24) is 24.5 Å². The van der Waals surface area contributed by atoms with Gasteiger partial charge in [-0.15, -0.1) is 10.2 Å². The van der Waals surface area contributed by atoms with Crippen LogP contribution in [0.25, 0.3) is 4.96 Å². The van der Waals surface area contributed by atoms with E-state index in [1.54, 1.807) is 17.5 Å². The molecule has 0 aliphatic carbocycles. The smallest absolute Gasteiger partial charge is 0.241 e. The maximum absolute atomic E-state index is 12.4. The minimum atomic E-state index is -3.71.